The molecule has 3 rings (SSSR count). The number of anilines is 1. The fourth-order valence-electron chi connectivity index (χ4n) is 2.47. The fourth-order valence-corrected chi connectivity index (χ4v) is 2.60. The van der Waals surface area contributed by atoms with Gasteiger partial charge in [0.25, 0.3) is 0 Å². The minimum Gasteiger partial charge on any atom is -0.388 e. The highest BCUT2D eigenvalue weighted by atomic mass is 35.5. The molecule has 0 radical (unpaired) electrons. The molecule has 0 aliphatic carbocycles. The van der Waals surface area contributed by atoms with Gasteiger partial charge in [-0.3, -0.25) is 0 Å². The molecule has 3 N–H and O–H groups in total. The van der Waals surface area contributed by atoms with Gasteiger partial charge < -0.3 is 25.2 Å². The van der Waals surface area contributed by atoms with Crippen LogP contribution in [0.2, 0.25) is 5.02 Å². The molecule has 2 aliphatic heterocycles. The Morgan fingerprint density at radius 1 is 1.20 bits per heavy atom. The molecule has 108 valence electrons. The molecule has 0 aromatic heterocycles. The standard InChI is InChI=1S/C13H15ClN2O4/c14-7-1-3-8(4-2-7)15-13(18)16-9-5-19-12-10(17)6-20-11(9)12/h1-4,9-12,17H,5-6H2,(H2,15,16,18)/t9-,10-,11-,12+/m1/s1. The van der Waals surface area contributed by atoms with Crippen LogP contribution in [-0.4, -0.2) is 48.7 Å². The van der Waals surface area contributed by atoms with E-state index in [0.29, 0.717) is 17.3 Å². The van der Waals surface area contributed by atoms with Crippen molar-refractivity contribution in [2.75, 3.05) is 18.5 Å². The van der Waals surface area contributed by atoms with Crippen molar-refractivity contribution in [3.8, 4) is 0 Å². The van der Waals surface area contributed by atoms with Crippen LogP contribution in [0.5, 0.6) is 0 Å². The Labute approximate surface area is 121 Å². The number of hydrogen-bond acceptors (Lipinski definition) is 4. The molecule has 0 bridgehead atoms. The summed E-state index contributed by atoms with van der Waals surface area (Å²) in [5.41, 5.74) is 0.648. The molecule has 0 unspecified atom stereocenters. The van der Waals surface area contributed by atoms with Crippen LogP contribution in [0, 0.1) is 0 Å². The molecule has 2 aliphatic rings. The van der Waals surface area contributed by atoms with Crippen molar-refractivity contribution >= 4 is 23.3 Å². The normalized spacial score (nSPS) is 31.9. The molecule has 0 spiro atoms. The summed E-state index contributed by atoms with van der Waals surface area (Å²) in [5, 5.41) is 15.7. The van der Waals surface area contributed by atoms with Gasteiger partial charge in [-0.15, -0.1) is 0 Å². The molecule has 0 saturated carbocycles. The molecule has 20 heavy (non-hydrogen) atoms. The largest absolute Gasteiger partial charge is 0.388 e. The maximum atomic E-state index is 11.9. The van der Waals surface area contributed by atoms with Crippen LogP contribution >= 0.6 is 11.6 Å². The van der Waals surface area contributed by atoms with E-state index in [1.807, 2.05) is 0 Å². The number of nitrogens with one attached hydrogen (secondary N) is 2. The summed E-state index contributed by atoms with van der Waals surface area (Å²) in [6.45, 7) is 0.576. The minimum atomic E-state index is -0.619. The first kappa shape index (κ1) is 13.6. The van der Waals surface area contributed by atoms with E-state index in [1.54, 1.807) is 24.3 Å². The van der Waals surface area contributed by atoms with E-state index in [0.717, 1.165) is 0 Å². The summed E-state index contributed by atoms with van der Waals surface area (Å²) in [7, 11) is 0. The minimum absolute atomic E-state index is 0.242. The second kappa shape index (κ2) is 5.57. The van der Waals surface area contributed by atoms with Gasteiger partial charge in [0, 0.05) is 10.7 Å². The number of aliphatic hydroxyl groups is 1. The smallest absolute Gasteiger partial charge is 0.319 e. The third-order valence-corrected chi connectivity index (χ3v) is 3.70. The highest BCUT2D eigenvalue weighted by molar-refractivity contribution is 6.30. The maximum Gasteiger partial charge on any atom is 0.319 e. The molecule has 2 saturated heterocycles. The number of carbonyl (C=O) groups is 1. The third-order valence-electron chi connectivity index (χ3n) is 3.45. The molecule has 1 aromatic rings. The van der Waals surface area contributed by atoms with Gasteiger partial charge in [0.1, 0.15) is 18.3 Å². The highest BCUT2D eigenvalue weighted by Crippen LogP contribution is 2.27. The number of aliphatic hydroxyl groups excluding tert-OH is 1. The molecular formula is C13H15ClN2O4. The van der Waals surface area contributed by atoms with E-state index in [1.165, 1.54) is 0 Å². The van der Waals surface area contributed by atoms with Gasteiger partial charge in [0.05, 0.1) is 19.3 Å². The Balaban J connectivity index is 1.56. The second-order valence-electron chi connectivity index (χ2n) is 4.88. The number of rotatable bonds is 2. The molecule has 1 aromatic carbocycles. The van der Waals surface area contributed by atoms with Crippen LogP contribution < -0.4 is 10.6 Å². The maximum absolute atomic E-state index is 11.9. The second-order valence-corrected chi connectivity index (χ2v) is 5.31. The number of hydrogen-bond donors (Lipinski definition) is 3. The molecule has 6 nitrogen and oxygen atoms in total. The first-order valence-corrected chi connectivity index (χ1v) is 6.75. The van der Waals surface area contributed by atoms with Gasteiger partial charge in [-0.05, 0) is 24.3 Å². The van der Waals surface area contributed by atoms with Gasteiger partial charge in [-0.2, -0.15) is 0 Å². The average molecular weight is 299 g/mol. The van der Waals surface area contributed by atoms with E-state index < -0.39 is 6.10 Å². The SMILES string of the molecule is O=C(Nc1ccc(Cl)cc1)N[C@@H]1CO[C@@H]2[C@@H]1OC[C@H]2O. The van der Waals surface area contributed by atoms with Gasteiger partial charge in [-0.25, -0.2) is 4.79 Å². The van der Waals surface area contributed by atoms with Crippen molar-refractivity contribution in [1.82, 2.24) is 5.32 Å². The number of halogens is 1. The molecule has 4 atom stereocenters. The van der Waals surface area contributed by atoms with Crippen LogP contribution in [0.1, 0.15) is 0 Å². The monoisotopic (exact) mass is 298 g/mol. The lowest BCUT2D eigenvalue weighted by Gasteiger charge is -2.17. The van der Waals surface area contributed by atoms with Crippen molar-refractivity contribution in [3.63, 3.8) is 0 Å². The highest BCUT2D eigenvalue weighted by Gasteiger charge is 2.47. The molecule has 7 heteroatoms. The van der Waals surface area contributed by atoms with Crippen LogP contribution in [0.4, 0.5) is 10.5 Å². The summed E-state index contributed by atoms with van der Waals surface area (Å²) in [6, 6.07) is 6.22. The summed E-state index contributed by atoms with van der Waals surface area (Å²) in [5.74, 6) is 0. The van der Waals surface area contributed by atoms with Crippen molar-refractivity contribution in [1.29, 1.82) is 0 Å². The van der Waals surface area contributed by atoms with E-state index in [2.05, 4.69) is 10.6 Å². The quantitative estimate of drug-likeness (QED) is 0.761. The Bertz CT molecular complexity index is 496. The average Bonchev–Trinajstić information content (AvgIpc) is 2.97. The zero-order valence-corrected chi connectivity index (χ0v) is 11.3. The predicted octanol–water partition coefficient (Wildman–Crippen LogP) is 0.989. The van der Waals surface area contributed by atoms with Gasteiger partial charge >= 0.3 is 6.03 Å². The molecule has 2 amide bonds. The van der Waals surface area contributed by atoms with Crippen molar-refractivity contribution in [2.24, 2.45) is 0 Å². The van der Waals surface area contributed by atoms with Crippen LogP contribution in [0.15, 0.2) is 24.3 Å². The first-order valence-electron chi connectivity index (χ1n) is 6.38. The van der Waals surface area contributed by atoms with Crippen molar-refractivity contribution < 1.29 is 19.4 Å². The van der Waals surface area contributed by atoms with Gasteiger partial charge in [-0.1, -0.05) is 11.6 Å². The zero-order valence-electron chi connectivity index (χ0n) is 10.6. The number of urea groups is 1. The van der Waals surface area contributed by atoms with E-state index in [9.17, 15) is 9.90 Å². The number of fused-ring (bicyclic) bond motifs is 1. The first-order chi connectivity index (χ1) is 9.63. The van der Waals surface area contributed by atoms with Crippen molar-refractivity contribution in [3.05, 3.63) is 29.3 Å². The molecule has 2 fully saturated rings. The predicted molar refractivity (Wildman–Crippen MR) is 72.9 cm³/mol. The number of amides is 2. The Hall–Kier alpha value is -1.34. The topological polar surface area (TPSA) is 79.8 Å². The van der Waals surface area contributed by atoms with Crippen LogP contribution in [-0.2, 0) is 9.47 Å². The Morgan fingerprint density at radius 3 is 2.65 bits per heavy atom. The fraction of sp³-hybridized carbons (Fsp3) is 0.462. The zero-order chi connectivity index (χ0) is 14.1. The lowest BCUT2D eigenvalue weighted by Crippen LogP contribution is -2.46. The summed E-state index contributed by atoms with van der Waals surface area (Å²) in [4.78, 5) is 11.9. The van der Waals surface area contributed by atoms with Gasteiger partial charge in [0.15, 0.2) is 0 Å². The Kier molecular flexibility index (Phi) is 3.80. The Morgan fingerprint density at radius 2 is 1.90 bits per heavy atom. The number of benzene rings is 1. The van der Waals surface area contributed by atoms with Gasteiger partial charge in [0.2, 0.25) is 0 Å². The summed E-state index contributed by atoms with van der Waals surface area (Å²) < 4.78 is 10.9. The summed E-state index contributed by atoms with van der Waals surface area (Å²) >= 11 is 5.78. The number of ether oxygens (including phenoxy) is 2. The number of carbonyl (C=O) groups excluding carboxylic acids is 1. The van der Waals surface area contributed by atoms with E-state index >= 15 is 0 Å². The van der Waals surface area contributed by atoms with E-state index in [4.69, 9.17) is 21.1 Å². The van der Waals surface area contributed by atoms with Crippen LogP contribution in [0.3, 0.4) is 0 Å². The van der Waals surface area contributed by atoms with E-state index in [-0.39, 0.29) is 30.9 Å². The molecule has 2 heterocycles. The summed E-state index contributed by atoms with van der Waals surface area (Å²) in [6.07, 6.45) is -1.26. The van der Waals surface area contributed by atoms with Crippen LogP contribution in [0.25, 0.3) is 0 Å². The third kappa shape index (κ3) is 2.73. The molecular weight excluding hydrogens is 284 g/mol. The lowest BCUT2D eigenvalue weighted by molar-refractivity contribution is 0.0180. The lowest BCUT2D eigenvalue weighted by atomic mass is 10.1. The van der Waals surface area contributed by atoms with Crippen molar-refractivity contribution in [2.45, 2.75) is 24.4 Å².